The number of benzene rings is 1. The molecule has 1 atom stereocenters. The Kier molecular flexibility index (Phi) is 6.79. The number of rotatable bonds is 8. The zero-order valence-electron chi connectivity index (χ0n) is 14.6. The van der Waals surface area contributed by atoms with Gasteiger partial charge in [-0.25, -0.2) is 0 Å². The lowest BCUT2D eigenvalue weighted by molar-refractivity contribution is 0.167. The van der Waals surface area contributed by atoms with Crippen molar-refractivity contribution in [3.05, 3.63) is 23.8 Å². The summed E-state index contributed by atoms with van der Waals surface area (Å²) in [5, 5.41) is 12.2. The molecule has 1 aromatic carbocycles. The van der Waals surface area contributed by atoms with Gasteiger partial charge in [-0.1, -0.05) is 25.3 Å². The van der Waals surface area contributed by atoms with E-state index in [1.807, 2.05) is 0 Å². The maximum absolute atomic E-state index is 8.82. The molecule has 2 N–H and O–H groups in total. The smallest absolute Gasteiger partial charge is 0.126 e. The van der Waals surface area contributed by atoms with Gasteiger partial charge in [0.05, 0.1) is 6.61 Å². The highest BCUT2D eigenvalue weighted by molar-refractivity contribution is 5.42. The van der Waals surface area contributed by atoms with E-state index < -0.39 is 0 Å². The normalized spacial score (nSPS) is 21.1. The Hall–Kier alpha value is -1.26. The van der Waals surface area contributed by atoms with Crippen LogP contribution in [0.2, 0.25) is 0 Å². The van der Waals surface area contributed by atoms with Crippen LogP contribution in [0.25, 0.3) is 0 Å². The molecule has 3 rings (SSSR count). The molecule has 4 nitrogen and oxygen atoms in total. The molecule has 2 aliphatic rings. The lowest BCUT2D eigenvalue weighted by atomic mass is 9.90. The van der Waals surface area contributed by atoms with Gasteiger partial charge in [-0.2, -0.15) is 0 Å². The zero-order valence-corrected chi connectivity index (χ0v) is 14.6. The summed E-state index contributed by atoms with van der Waals surface area (Å²) in [4.78, 5) is 0. The monoisotopic (exact) mass is 333 g/mol. The lowest BCUT2D eigenvalue weighted by Gasteiger charge is -2.27. The summed E-state index contributed by atoms with van der Waals surface area (Å²) in [6, 6.07) is 6.31. The van der Waals surface area contributed by atoms with Gasteiger partial charge in [-0.15, -0.1) is 0 Å². The van der Waals surface area contributed by atoms with Gasteiger partial charge in [0.25, 0.3) is 0 Å². The van der Waals surface area contributed by atoms with Crippen LogP contribution in [-0.2, 0) is 6.42 Å². The Bertz CT molecular complexity index is 500. The Labute approximate surface area is 145 Å². The first-order valence-electron chi connectivity index (χ1n) is 9.59. The molecule has 24 heavy (non-hydrogen) atoms. The molecule has 0 saturated heterocycles. The van der Waals surface area contributed by atoms with E-state index >= 15 is 0 Å². The molecule has 1 heterocycles. The Morgan fingerprint density at radius 3 is 2.88 bits per heavy atom. The minimum absolute atomic E-state index is 0.213. The molecule has 1 saturated carbocycles. The van der Waals surface area contributed by atoms with Crippen molar-refractivity contribution in [3.8, 4) is 11.5 Å². The third-order valence-corrected chi connectivity index (χ3v) is 5.16. The fraction of sp³-hybridized carbons (Fsp3) is 0.700. The summed E-state index contributed by atoms with van der Waals surface area (Å²) in [7, 11) is 0. The Balaban J connectivity index is 1.49. The minimum atomic E-state index is 0.213. The van der Waals surface area contributed by atoms with E-state index in [1.165, 1.54) is 37.7 Å². The van der Waals surface area contributed by atoms with Crippen LogP contribution in [0.4, 0.5) is 0 Å². The fourth-order valence-corrected chi connectivity index (χ4v) is 3.67. The van der Waals surface area contributed by atoms with Crippen LogP contribution in [0.1, 0.15) is 50.5 Å². The van der Waals surface area contributed by atoms with Crippen molar-refractivity contribution in [2.45, 2.75) is 57.5 Å². The molecule has 0 radical (unpaired) electrons. The first-order chi connectivity index (χ1) is 11.8. The molecule has 134 valence electrons. The summed E-state index contributed by atoms with van der Waals surface area (Å²) in [6.45, 7) is 2.76. The van der Waals surface area contributed by atoms with E-state index in [2.05, 4.69) is 23.5 Å². The number of aryl methyl sites for hydroxylation is 1. The topological polar surface area (TPSA) is 50.7 Å². The fourth-order valence-electron chi connectivity index (χ4n) is 3.67. The summed E-state index contributed by atoms with van der Waals surface area (Å²) >= 11 is 0. The van der Waals surface area contributed by atoms with Gasteiger partial charge in [0.15, 0.2) is 0 Å². The molecule has 1 unspecified atom stereocenters. The first-order valence-corrected chi connectivity index (χ1v) is 9.59. The van der Waals surface area contributed by atoms with Gasteiger partial charge in [0, 0.05) is 19.2 Å². The predicted molar refractivity (Wildman–Crippen MR) is 95.8 cm³/mol. The Morgan fingerprint density at radius 1 is 1.17 bits per heavy atom. The highest BCUT2D eigenvalue weighted by Gasteiger charge is 2.20. The van der Waals surface area contributed by atoms with E-state index in [0.717, 1.165) is 56.4 Å². The summed E-state index contributed by atoms with van der Waals surface area (Å²) < 4.78 is 12.2. The van der Waals surface area contributed by atoms with Gasteiger partial charge in [-0.3, -0.25) is 0 Å². The van der Waals surface area contributed by atoms with Crippen LogP contribution < -0.4 is 14.8 Å². The van der Waals surface area contributed by atoms with Gasteiger partial charge < -0.3 is 19.9 Å². The van der Waals surface area contributed by atoms with E-state index in [9.17, 15) is 0 Å². The van der Waals surface area contributed by atoms with Crippen LogP contribution in [0.5, 0.6) is 11.5 Å². The van der Waals surface area contributed by atoms with Crippen molar-refractivity contribution in [2.75, 3.05) is 26.3 Å². The van der Waals surface area contributed by atoms with Crippen molar-refractivity contribution in [2.24, 2.45) is 5.92 Å². The molecular formula is C20H31NO3. The quantitative estimate of drug-likeness (QED) is 0.717. The molecule has 0 amide bonds. The SMILES string of the molecule is OCCCNCC1CCc2ccc(OCC3CCCCC3)cc2O1. The average molecular weight is 333 g/mol. The highest BCUT2D eigenvalue weighted by Crippen LogP contribution is 2.32. The number of aliphatic hydroxyl groups excluding tert-OH is 1. The molecule has 0 aromatic heterocycles. The van der Waals surface area contributed by atoms with Crippen molar-refractivity contribution < 1.29 is 14.6 Å². The Morgan fingerprint density at radius 2 is 2.04 bits per heavy atom. The second-order valence-electron chi connectivity index (χ2n) is 7.14. The summed E-state index contributed by atoms with van der Waals surface area (Å²) in [5.74, 6) is 2.64. The largest absolute Gasteiger partial charge is 0.493 e. The lowest BCUT2D eigenvalue weighted by Crippen LogP contribution is -2.34. The summed E-state index contributed by atoms with van der Waals surface area (Å²) in [5.41, 5.74) is 1.28. The van der Waals surface area contributed by atoms with E-state index in [1.54, 1.807) is 0 Å². The van der Waals surface area contributed by atoms with Gasteiger partial charge in [0.1, 0.15) is 17.6 Å². The van der Waals surface area contributed by atoms with Crippen LogP contribution in [0, 0.1) is 5.92 Å². The van der Waals surface area contributed by atoms with Gasteiger partial charge >= 0.3 is 0 Å². The predicted octanol–water partition coefficient (Wildman–Crippen LogP) is 3.31. The van der Waals surface area contributed by atoms with Crippen molar-refractivity contribution in [1.29, 1.82) is 0 Å². The molecule has 1 aliphatic heterocycles. The van der Waals surface area contributed by atoms with E-state index in [4.69, 9.17) is 14.6 Å². The molecule has 4 heteroatoms. The molecular weight excluding hydrogens is 302 g/mol. The number of hydrogen-bond donors (Lipinski definition) is 2. The van der Waals surface area contributed by atoms with Crippen LogP contribution in [-0.4, -0.2) is 37.5 Å². The standard InChI is InChI=1S/C20H31NO3/c22-12-4-11-21-14-19-10-8-17-7-9-18(13-20(17)24-19)23-15-16-5-2-1-3-6-16/h7,9,13,16,19,21-22H,1-6,8,10-12,14-15H2. The number of fused-ring (bicyclic) bond motifs is 1. The summed E-state index contributed by atoms with van der Waals surface area (Å²) in [6.07, 6.45) is 9.82. The number of ether oxygens (including phenoxy) is 2. The molecule has 1 aromatic rings. The van der Waals surface area contributed by atoms with Gasteiger partial charge in [-0.05, 0) is 56.2 Å². The number of aliphatic hydroxyl groups is 1. The second-order valence-corrected chi connectivity index (χ2v) is 7.14. The second kappa shape index (κ2) is 9.28. The van der Waals surface area contributed by atoms with Crippen molar-refractivity contribution in [3.63, 3.8) is 0 Å². The zero-order chi connectivity index (χ0) is 16.6. The van der Waals surface area contributed by atoms with Gasteiger partial charge in [0.2, 0.25) is 0 Å². The van der Waals surface area contributed by atoms with E-state index in [-0.39, 0.29) is 12.7 Å². The van der Waals surface area contributed by atoms with Crippen molar-refractivity contribution >= 4 is 0 Å². The molecule has 0 bridgehead atoms. The maximum atomic E-state index is 8.82. The van der Waals surface area contributed by atoms with E-state index in [0.29, 0.717) is 0 Å². The third kappa shape index (κ3) is 5.12. The third-order valence-electron chi connectivity index (χ3n) is 5.16. The number of hydrogen-bond acceptors (Lipinski definition) is 4. The maximum Gasteiger partial charge on any atom is 0.126 e. The van der Waals surface area contributed by atoms with Crippen LogP contribution >= 0.6 is 0 Å². The van der Waals surface area contributed by atoms with Crippen LogP contribution in [0.15, 0.2) is 18.2 Å². The molecule has 1 aliphatic carbocycles. The molecule has 0 spiro atoms. The number of nitrogens with one attached hydrogen (secondary N) is 1. The van der Waals surface area contributed by atoms with Crippen molar-refractivity contribution in [1.82, 2.24) is 5.32 Å². The average Bonchev–Trinajstić information content (AvgIpc) is 2.64. The molecule has 1 fully saturated rings. The highest BCUT2D eigenvalue weighted by atomic mass is 16.5. The minimum Gasteiger partial charge on any atom is -0.493 e. The van der Waals surface area contributed by atoms with Crippen LogP contribution in [0.3, 0.4) is 0 Å². The first kappa shape index (κ1) is 17.6.